The minimum absolute atomic E-state index is 0.0463. The average Bonchev–Trinajstić information content (AvgIpc) is 2.52. The van der Waals surface area contributed by atoms with Gasteiger partial charge in [-0.2, -0.15) is 0 Å². The molecule has 0 spiro atoms. The van der Waals surface area contributed by atoms with Crippen molar-refractivity contribution in [3.05, 3.63) is 35.4 Å². The normalized spacial score (nSPS) is 29.0. The third-order valence-corrected chi connectivity index (χ3v) is 5.70. The van der Waals surface area contributed by atoms with Gasteiger partial charge in [0, 0.05) is 24.9 Å². The largest absolute Gasteiger partial charge is 0.444 e. The monoisotopic (exact) mass is 359 g/mol. The number of fused-ring (bicyclic) bond motifs is 2. The van der Waals surface area contributed by atoms with Gasteiger partial charge in [-0.3, -0.25) is 0 Å². The van der Waals surface area contributed by atoms with Gasteiger partial charge < -0.3 is 14.7 Å². The van der Waals surface area contributed by atoms with E-state index in [1.54, 1.807) is 0 Å². The predicted molar refractivity (Wildman–Crippen MR) is 103 cm³/mol. The van der Waals surface area contributed by atoms with Crippen LogP contribution >= 0.6 is 0 Å². The maximum absolute atomic E-state index is 12.7. The first-order chi connectivity index (χ1) is 12.1. The van der Waals surface area contributed by atoms with Gasteiger partial charge in [0.05, 0.1) is 5.60 Å². The quantitative estimate of drug-likeness (QED) is 0.813. The van der Waals surface area contributed by atoms with Gasteiger partial charge in [0.1, 0.15) is 5.60 Å². The highest BCUT2D eigenvalue weighted by Gasteiger charge is 2.49. The van der Waals surface area contributed by atoms with Gasteiger partial charge in [-0.25, -0.2) is 4.79 Å². The smallest absolute Gasteiger partial charge is 0.410 e. The van der Waals surface area contributed by atoms with Crippen LogP contribution in [0.25, 0.3) is 0 Å². The maximum Gasteiger partial charge on any atom is 0.410 e. The van der Waals surface area contributed by atoms with Gasteiger partial charge in [-0.15, -0.1) is 0 Å². The van der Waals surface area contributed by atoms with Crippen molar-refractivity contribution in [3.63, 3.8) is 0 Å². The van der Waals surface area contributed by atoms with Gasteiger partial charge in [-0.1, -0.05) is 38.1 Å². The number of benzene rings is 1. The highest BCUT2D eigenvalue weighted by molar-refractivity contribution is 5.69. The topological polar surface area (TPSA) is 49.8 Å². The fourth-order valence-electron chi connectivity index (χ4n) is 4.46. The van der Waals surface area contributed by atoms with Gasteiger partial charge in [0.2, 0.25) is 0 Å². The summed E-state index contributed by atoms with van der Waals surface area (Å²) in [6, 6.07) is 8.43. The first-order valence-electron chi connectivity index (χ1n) is 9.93. The number of carbonyl (C=O) groups is 1. The Labute approximate surface area is 157 Å². The Kier molecular flexibility index (Phi) is 5.08. The van der Waals surface area contributed by atoms with E-state index >= 15 is 0 Å². The van der Waals surface area contributed by atoms with Crippen LogP contribution in [0.2, 0.25) is 0 Å². The van der Waals surface area contributed by atoms with E-state index in [-0.39, 0.29) is 18.2 Å². The van der Waals surface area contributed by atoms with Crippen LogP contribution in [0, 0.1) is 0 Å². The van der Waals surface area contributed by atoms with Gasteiger partial charge in [0.15, 0.2) is 0 Å². The number of carbonyl (C=O) groups excluding carboxylic acids is 1. The highest BCUT2D eigenvalue weighted by atomic mass is 16.6. The van der Waals surface area contributed by atoms with Crippen molar-refractivity contribution in [2.45, 2.75) is 95.9 Å². The van der Waals surface area contributed by atoms with E-state index in [2.05, 4.69) is 26.0 Å². The van der Waals surface area contributed by atoms with Crippen LogP contribution in [0.1, 0.15) is 83.8 Å². The lowest BCUT2D eigenvalue weighted by molar-refractivity contribution is -0.0965. The molecule has 4 nitrogen and oxygen atoms in total. The summed E-state index contributed by atoms with van der Waals surface area (Å²) in [4.78, 5) is 14.7. The van der Waals surface area contributed by atoms with Gasteiger partial charge in [-0.05, 0) is 57.1 Å². The Morgan fingerprint density at radius 2 is 1.85 bits per heavy atom. The van der Waals surface area contributed by atoms with Crippen LogP contribution in [0.4, 0.5) is 4.79 Å². The van der Waals surface area contributed by atoms with E-state index in [0.717, 1.165) is 24.8 Å². The first-order valence-corrected chi connectivity index (χ1v) is 9.93. The molecule has 1 N–H and O–H groups in total. The Morgan fingerprint density at radius 1 is 1.23 bits per heavy atom. The summed E-state index contributed by atoms with van der Waals surface area (Å²) in [5.74, 6) is 0.430. The van der Waals surface area contributed by atoms with E-state index in [4.69, 9.17) is 4.74 Å². The molecule has 2 unspecified atom stereocenters. The molecule has 3 rings (SSSR count). The molecule has 2 aliphatic rings. The van der Waals surface area contributed by atoms with Crippen molar-refractivity contribution in [3.8, 4) is 0 Å². The standard InChI is InChI=1S/C22H33NO3/c1-15(2)16-8-6-9-17(12-16)22(25)13-18-10-7-11-19(14-22)23(18)20(24)26-21(3,4)5/h6,8-9,12,15,18-19,25H,7,10-11,13-14H2,1-5H3. The fourth-order valence-corrected chi connectivity index (χ4v) is 4.46. The first kappa shape index (κ1) is 19.2. The summed E-state index contributed by atoms with van der Waals surface area (Å²) in [6.45, 7) is 10.0. The molecule has 1 aromatic rings. The van der Waals surface area contributed by atoms with Crippen molar-refractivity contribution in [1.29, 1.82) is 0 Å². The van der Waals surface area contributed by atoms with Crippen LogP contribution in [0.5, 0.6) is 0 Å². The Bertz CT molecular complexity index is 648. The summed E-state index contributed by atoms with van der Waals surface area (Å²) in [7, 11) is 0. The molecular weight excluding hydrogens is 326 g/mol. The zero-order chi connectivity index (χ0) is 19.1. The molecule has 1 amide bonds. The van der Waals surface area contributed by atoms with Crippen molar-refractivity contribution < 1.29 is 14.6 Å². The van der Waals surface area contributed by atoms with E-state index in [1.807, 2.05) is 37.8 Å². The molecule has 2 fully saturated rings. The van der Waals surface area contributed by atoms with E-state index < -0.39 is 11.2 Å². The number of hydrogen-bond donors (Lipinski definition) is 1. The number of aliphatic hydroxyl groups is 1. The number of piperidine rings is 2. The lowest BCUT2D eigenvalue weighted by Gasteiger charge is -2.52. The van der Waals surface area contributed by atoms with Crippen LogP contribution < -0.4 is 0 Å². The summed E-state index contributed by atoms with van der Waals surface area (Å²) >= 11 is 0. The van der Waals surface area contributed by atoms with Crippen LogP contribution in [0.3, 0.4) is 0 Å². The summed E-state index contributed by atoms with van der Waals surface area (Å²) in [5.41, 5.74) is 0.879. The molecule has 2 saturated heterocycles. The van der Waals surface area contributed by atoms with Crippen molar-refractivity contribution in [2.75, 3.05) is 0 Å². The summed E-state index contributed by atoms with van der Waals surface area (Å²) in [6.07, 6.45) is 3.92. The third-order valence-electron chi connectivity index (χ3n) is 5.70. The number of hydrogen-bond acceptors (Lipinski definition) is 3. The van der Waals surface area contributed by atoms with E-state index in [0.29, 0.717) is 18.8 Å². The maximum atomic E-state index is 12.7. The van der Waals surface area contributed by atoms with Crippen molar-refractivity contribution >= 4 is 6.09 Å². The second-order valence-corrected chi connectivity index (χ2v) is 9.35. The lowest BCUT2D eigenvalue weighted by Crippen LogP contribution is -2.59. The molecule has 2 aliphatic heterocycles. The minimum atomic E-state index is -0.862. The van der Waals surface area contributed by atoms with E-state index in [9.17, 15) is 9.90 Å². The Hall–Kier alpha value is -1.55. The second-order valence-electron chi connectivity index (χ2n) is 9.35. The molecule has 4 heteroatoms. The molecule has 2 bridgehead atoms. The molecule has 26 heavy (non-hydrogen) atoms. The molecule has 2 atom stereocenters. The fraction of sp³-hybridized carbons (Fsp3) is 0.682. The van der Waals surface area contributed by atoms with Crippen molar-refractivity contribution in [1.82, 2.24) is 4.90 Å². The van der Waals surface area contributed by atoms with Crippen LogP contribution in [-0.4, -0.2) is 33.8 Å². The SMILES string of the molecule is CC(C)c1cccc(C2(O)CC3CCCC(C2)N3C(=O)OC(C)(C)C)c1. The Morgan fingerprint density at radius 3 is 2.38 bits per heavy atom. The van der Waals surface area contributed by atoms with Crippen molar-refractivity contribution in [2.24, 2.45) is 0 Å². The zero-order valence-corrected chi connectivity index (χ0v) is 16.8. The molecule has 1 aromatic carbocycles. The zero-order valence-electron chi connectivity index (χ0n) is 16.8. The Balaban J connectivity index is 1.85. The van der Waals surface area contributed by atoms with Gasteiger partial charge in [0.25, 0.3) is 0 Å². The summed E-state index contributed by atoms with van der Waals surface area (Å²) in [5, 5.41) is 11.5. The van der Waals surface area contributed by atoms with Crippen LogP contribution in [0.15, 0.2) is 24.3 Å². The minimum Gasteiger partial charge on any atom is -0.444 e. The predicted octanol–water partition coefficient (Wildman–Crippen LogP) is 4.95. The number of nitrogens with zero attached hydrogens (tertiary/aromatic N) is 1. The third kappa shape index (κ3) is 3.90. The molecule has 2 heterocycles. The average molecular weight is 360 g/mol. The second kappa shape index (κ2) is 6.88. The number of rotatable bonds is 2. The molecule has 144 valence electrons. The molecule has 0 aromatic heterocycles. The van der Waals surface area contributed by atoms with E-state index in [1.165, 1.54) is 5.56 Å². The highest BCUT2D eigenvalue weighted by Crippen LogP contribution is 2.45. The summed E-state index contributed by atoms with van der Waals surface area (Å²) < 4.78 is 5.64. The number of ether oxygens (including phenoxy) is 1. The molecule has 0 radical (unpaired) electrons. The van der Waals surface area contributed by atoms with Crippen LogP contribution in [-0.2, 0) is 10.3 Å². The molecular formula is C22H33NO3. The molecule has 0 aliphatic carbocycles. The molecule has 0 saturated carbocycles. The number of amides is 1. The van der Waals surface area contributed by atoms with Gasteiger partial charge >= 0.3 is 6.09 Å². The lowest BCUT2D eigenvalue weighted by atomic mass is 9.72.